The van der Waals surface area contributed by atoms with Crippen molar-refractivity contribution >= 4 is 0 Å². The van der Waals surface area contributed by atoms with Crippen molar-refractivity contribution < 1.29 is 4.84 Å². The number of hydrogen-bond acceptors (Lipinski definition) is 2. The molecule has 0 heterocycles. The lowest BCUT2D eigenvalue weighted by molar-refractivity contribution is 0.0433. The number of nitrogens with two attached hydrogens (primary N) is 1. The first-order valence-electron chi connectivity index (χ1n) is 3.70. The number of unbranched alkanes of at least 4 members (excludes halogenated alkanes) is 1. The van der Waals surface area contributed by atoms with Gasteiger partial charge in [-0.1, -0.05) is 26.7 Å². The van der Waals surface area contributed by atoms with Gasteiger partial charge in [-0.3, -0.25) is 0 Å². The minimum Gasteiger partial charge on any atom is -0.301 e. The zero-order valence-corrected chi connectivity index (χ0v) is 6.39. The largest absolute Gasteiger partial charge is 0.301 e. The van der Waals surface area contributed by atoms with Crippen molar-refractivity contribution in [3.8, 4) is 0 Å². The molecule has 0 aliphatic rings. The van der Waals surface area contributed by atoms with Gasteiger partial charge in [-0.05, 0) is 12.8 Å². The molecule has 0 aromatic heterocycles. The molecule has 0 aromatic rings. The first-order chi connectivity index (χ1) is 4.35. The summed E-state index contributed by atoms with van der Waals surface area (Å²) in [6.07, 6.45) is 4.85. The molecule has 2 N–H and O–H groups in total. The molecule has 0 amide bonds. The molecule has 0 saturated heterocycles. The van der Waals surface area contributed by atoms with E-state index >= 15 is 0 Å². The second kappa shape index (κ2) is 6.05. The van der Waals surface area contributed by atoms with Gasteiger partial charge in [-0.2, -0.15) is 0 Å². The molecule has 0 fully saturated rings. The third kappa shape index (κ3) is 4.43. The third-order valence-corrected chi connectivity index (χ3v) is 1.53. The van der Waals surface area contributed by atoms with Crippen LogP contribution in [-0.2, 0) is 4.84 Å². The molecule has 1 atom stereocenters. The van der Waals surface area contributed by atoms with E-state index in [0.717, 1.165) is 12.8 Å². The van der Waals surface area contributed by atoms with Crippen LogP contribution in [0.2, 0.25) is 0 Å². The lowest BCUT2D eigenvalue weighted by Crippen LogP contribution is -2.15. The Hall–Kier alpha value is -0.0800. The quantitative estimate of drug-likeness (QED) is 0.578. The average Bonchev–Trinajstić information content (AvgIpc) is 1.91. The summed E-state index contributed by atoms with van der Waals surface area (Å²) in [6.45, 7) is 4.26. The van der Waals surface area contributed by atoms with Gasteiger partial charge in [-0.25, -0.2) is 5.90 Å². The van der Waals surface area contributed by atoms with Crippen molar-refractivity contribution in [2.75, 3.05) is 0 Å². The fourth-order valence-corrected chi connectivity index (χ4v) is 0.800. The highest BCUT2D eigenvalue weighted by Crippen LogP contribution is 2.05. The van der Waals surface area contributed by atoms with Gasteiger partial charge >= 0.3 is 0 Å². The first kappa shape index (κ1) is 8.92. The summed E-state index contributed by atoms with van der Waals surface area (Å²) >= 11 is 0. The Kier molecular flexibility index (Phi) is 5.99. The molecule has 2 nitrogen and oxygen atoms in total. The van der Waals surface area contributed by atoms with Gasteiger partial charge in [0.2, 0.25) is 0 Å². The Morgan fingerprint density at radius 3 is 2.44 bits per heavy atom. The molecule has 0 rings (SSSR count). The topological polar surface area (TPSA) is 35.2 Å². The summed E-state index contributed by atoms with van der Waals surface area (Å²) in [5.41, 5.74) is 0. The van der Waals surface area contributed by atoms with Gasteiger partial charge < -0.3 is 4.84 Å². The Bertz CT molecular complexity index is 52.9. The lowest BCUT2D eigenvalue weighted by Gasteiger charge is -2.09. The first-order valence-corrected chi connectivity index (χ1v) is 3.70. The molecule has 0 aromatic carbocycles. The van der Waals surface area contributed by atoms with Crippen molar-refractivity contribution in [3.05, 3.63) is 0 Å². The van der Waals surface area contributed by atoms with E-state index < -0.39 is 0 Å². The average molecular weight is 131 g/mol. The maximum atomic E-state index is 5.02. The van der Waals surface area contributed by atoms with Gasteiger partial charge in [0.1, 0.15) is 0 Å². The van der Waals surface area contributed by atoms with Crippen molar-refractivity contribution in [1.29, 1.82) is 0 Å². The van der Waals surface area contributed by atoms with Crippen LogP contribution in [0.4, 0.5) is 0 Å². The number of rotatable bonds is 5. The van der Waals surface area contributed by atoms with Crippen LogP contribution in [0.3, 0.4) is 0 Å². The van der Waals surface area contributed by atoms with E-state index in [2.05, 4.69) is 13.8 Å². The van der Waals surface area contributed by atoms with Gasteiger partial charge in [0, 0.05) is 0 Å². The fraction of sp³-hybridized carbons (Fsp3) is 1.00. The van der Waals surface area contributed by atoms with Crippen LogP contribution in [0.5, 0.6) is 0 Å². The molecule has 0 bridgehead atoms. The van der Waals surface area contributed by atoms with Crippen LogP contribution in [0, 0.1) is 0 Å². The summed E-state index contributed by atoms with van der Waals surface area (Å²) in [6, 6.07) is 0. The van der Waals surface area contributed by atoms with Gasteiger partial charge in [0.15, 0.2) is 0 Å². The van der Waals surface area contributed by atoms with E-state index in [0.29, 0.717) is 0 Å². The maximum absolute atomic E-state index is 5.02. The van der Waals surface area contributed by atoms with Crippen LogP contribution in [0.15, 0.2) is 0 Å². The Morgan fingerprint density at radius 1 is 1.44 bits per heavy atom. The highest BCUT2D eigenvalue weighted by atomic mass is 16.6. The molecule has 56 valence electrons. The number of hydrogen-bond donors (Lipinski definition) is 1. The molecule has 0 aliphatic heterocycles. The second-order valence-electron chi connectivity index (χ2n) is 2.31. The van der Waals surface area contributed by atoms with Gasteiger partial charge in [-0.15, -0.1) is 0 Å². The smallest absolute Gasteiger partial charge is 0.0784 e. The van der Waals surface area contributed by atoms with E-state index in [9.17, 15) is 0 Å². The van der Waals surface area contributed by atoms with Crippen molar-refractivity contribution in [2.45, 2.75) is 45.6 Å². The van der Waals surface area contributed by atoms with E-state index in [1.54, 1.807) is 0 Å². The molecule has 2 heteroatoms. The maximum Gasteiger partial charge on any atom is 0.0784 e. The summed E-state index contributed by atoms with van der Waals surface area (Å²) in [5.74, 6) is 5.02. The molecule has 0 saturated carbocycles. The van der Waals surface area contributed by atoms with Gasteiger partial charge in [0.05, 0.1) is 6.10 Å². The van der Waals surface area contributed by atoms with Crippen LogP contribution in [0.25, 0.3) is 0 Å². The predicted octanol–water partition coefficient (Wildman–Crippen LogP) is 1.85. The fourth-order valence-electron chi connectivity index (χ4n) is 0.800. The zero-order valence-electron chi connectivity index (χ0n) is 6.39. The minimum absolute atomic E-state index is 0.282. The highest BCUT2D eigenvalue weighted by molar-refractivity contribution is 4.52. The van der Waals surface area contributed by atoms with E-state index in [4.69, 9.17) is 10.7 Å². The van der Waals surface area contributed by atoms with E-state index in [1.165, 1.54) is 12.8 Å². The van der Waals surface area contributed by atoms with Crippen LogP contribution >= 0.6 is 0 Å². The third-order valence-electron chi connectivity index (χ3n) is 1.53. The van der Waals surface area contributed by atoms with Crippen LogP contribution in [0.1, 0.15) is 39.5 Å². The van der Waals surface area contributed by atoms with E-state index in [1.807, 2.05) is 0 Å². The molecule has 0 unspecified atom stereocenters. The normalized spacial score (nSPS) is 13.7. The zero-order chi connectivity index (χ0) is 7.11. The molecule has 9 heavy (non-hydrogen) atoms. The van der Waals surface area contributed by atoms with Gasteiger partial charge in [0.25, 0.3) is 0 Å². The molecular formula is C7H17NO. The molecular weight excluding hydrogens is 114 g/mol. The van der Waals surface area contributed by atoms with Crippen LogP contribution < -0.4 is 5.90 Å². The van der Waals surface area contributed by atoms with Crippen molar-refractivity contribution in [1.82, 2.24) is 0 Å². The second-order valence-corrected chi connectivity index (χ2v) is 2.31. The summed E-state index contributed by atoms with van der Waals surface area (Å²) < 4.78 is 0. The van der Waals surface area contributed by atoms with Crippen LogP contribution in [-0.4, -0.2) is 6.10 Å². The molecule has 0 spiro atoms. The Morgan fingerprint density at radius 2 is 2.11 bits per heavy atom. The van der Waals surface area contributed by atoms with E-state index in [-0.39, 0.29) is 6.10 Å². The van der Waals surface area contributed by atoms with Crippen molar-refractivity contribution in [2.24, 2.45) is 5.90 Å². The highest BCUT2D eigenvalue weighted by Gasteiger charge is 2.01. The minimum atomic E-state index is 0.282. The monoisotopic (exact) mass is 131 g/mol. The Labute approximate surface area is 57.3 Å². The summed E-state index contributed by atoms with van der Waals surface area (Å²) in [7, 11) is 0. The Balaban J connectivity index is 3.09. The van der Waals surface area contributed by atoms with Crippen molar-refractivity contribution in [3.63, 3.8) is 0 Å². The summed E-state index contributed by atoms with van der Waals surface area (Å²) in [4.78, 5) is 4.70. The standard InChI is InChI=1S/C7H17NO/c1-3-5-6-7(4-2)9-8/h7H,3-6,8H2,1-2H3/t7-/m0/s1. The lowest BCUT2D eigenvalue weighted by atomic mass is 10.1. The predicted molar refractivity (Wildman–Crippen MR) is 38.9 cm³/mol. The summed E-state index contributed by atoms with van der Waals surface area (Å²) in [5, 5.41) is 0. The SMILES string of the molecule is CCCC[C@H](CC)ON. The molecule has 0 radical (unpaired) electrons. The molecule has 0 aliphatic carbocycles.